The van der Waals surface area contributed by atoms with Gasteiger partial charge in [-0.2, -0.15) is 5.10 Å². The summed E-state index contributed by atoms with van der Waals surface area (Å²) in [5, 5.41) is 14.6. The fourth-order valence-electron chi connectivity index (χ4n) is 5.92. The van der Waals surface area contributed by atoms with Crippen molar-refractivity contribution >= 4 is 14.2 Å². The molecule has 204 valence electrons. The topological polar surface area (TPSA) is 76.8 Å². The van der Waals surface area contributed by atoms with Gasteiger partial charge < -0.3 is 19.5 Å². The monoisotopic (exact) mass is 527 g/mol. The van der Waals surface area contributed by atoms with Crippen LogP contribution in [0.5, 0.6) is 0 Å². The van der Waals surface area contributed by atoms with Gasteiger partial charge in [0.15, 0.2) is 0 Å². The number of ether oxygens (including phenoxy) is 2. The summed E-state index contributed by atoms with van der Waals surface area (Å²) in [7, 11) is -1.16. The lowest BCUT2D eigenvalue weighted by atomic mass is 9.81. The molecule has 1 saturated carbocycles. The highest BCUT2D eigenvalue weighted by atomic mass is 28.3. The van der Waals surface area contributed by atoms with Gasteiger partial charge in [-0.1, -0.05) is 56.9 Å². The van der Waals surface area contributed by atoms with Crippen molar-refractivity contribution in [1.82, 2.24) is 14.7 Å². The maximum absolute atomic E-state index is 12.3. The fourth-order valence-corrected chi connectivity index (χ4v) is 6.67. The molecule has 2 fully saturated rings. The van der Waals surface area contributed by atoms with E-state index < -0.39 is 14.2 Å². The smallest absolute Gasteiger partial charge is 0.407 e. The van der Waals surface area contributed by atoms with Crippen LogP contribution in [0.3, 0.4) is 0 Å². The summed E-state index contributed by atoms with van der Waals surface area (Å²) in [5.74, 6) is 0.897. The highest BCUT2D eigenvalue weighted by Gasteiger charge is 2.40. The van der Waals surface area contributed by atoms with E-state index in [1.807, 2.05) is 16.9 Å². The molecule has 0 bridgehead atoms. The van der Waals surface area contributed by atoms with E-state index in [9.17, 15) is 9.90 Å². The third kappa shape index (κ3) is 7.68. The van der Waals surface area contributed by atoms with E-state index >= 15 is 0 Å². The number of rotatable bonds is 10. The standard InChI is InChI=1S/C29H45N3O4Si/c1-22-18-26(27-14-15-30-32(27)21-35-16-17-37(2,3)4)28(31(19-22)29(33)34)20-36-25-12-10-24(11-13-25)23-8-6-5-7-9-23/h5-9,14-15,22,24-26,28H,10-13,16-21H2,1-4H3,(H,33,34)/t22-,24-,25+,26+,28-/m0/s1. The quantitative estimate of drug-likeness (QED) is 0.285. The maximum Gasteiger partial charge on any atom is 0.407 e. The van der Waals surface area contributed by atoms with Crippen LogP contribution in [0.15, 0.2) is 42.6 Å². The highest BCUT2D eigenvalue weighted by molar-refractivity contribution is 6.76. The molecule has 2 aliphatic rings. The molecule has 7 nitrogen and oxygen atoms in total. The average Bonchev–Trinajstić information content (AvgIpc) is 3.34. The maximum atomic E-state index is 12.3. The third-order valence-electron chi connectivity index (χ3n) is 8.06. The first-order valence-corrected chi connectivity index (χ1v) is 17.7. The van der Waals surface area contributed by atoms with Gasteiger partial charge in [-0.15, -0.1) is 0 Å². The van der Waals surface area contributed by atoms with Crippen LogP contribution in [0, 0.1) is 5.92 Å². The number of hydrogen-bond acceptors (Lipinski definition) is 4. The summed E-state index contributed by atoms with van der Waals surface area (Å²) in [6.07, 6.45) is 6.31. The Morgan fingerprint density at radius 1 is 1.11 bits per heavy atom. The Labute approximate surface area is 223 Å². The van der Waals surface area contributed by atoms with E-state index in [-0.39, 0.29) is 24.0 Å². The van der Waals surface area contributed by atoms with Crippen molar-refractivity contribution in [2.24, 2.45) is 5.92 Å². The molecule has 0 unspecified atom stereocenters. The summed E-state index contributed by atoms with van der Waals surface area (Å²) < 4.78 is 14.4. The molecular formula is C29H45N3O4Si. The zero-order valence-corrected chi connectivity index (χ0v) is 24.0. The molecule has 1 saturated heterocycles. The van der Waals surface area contributed by atoms with Gasteiger partial charge in [-0.05, 0) is 61.6 Å². The second-order valence-corrected chi connectivity index (χ2v) is 17.9. The van der Waals surface area contributed by atoms with Gasteiger partial charge in [0.25, 0.3) is 0 Å². The predicted molar refractivity (Wildman–Crippen MR) is 149 cm³/mol. The lowest BCUT2D eigenvalue weighted by Crippen LogP contribution is -2.52. The molecule has 1 aromatic heterocycles. The number of nitrogens with zero attached hydrogens (tertiary/aromatic N) is 3. The molecule has 0 radical (unpaired) electrons. The van der Waals surface area contributed by atoms with Crippen molar-refractivity contribution in [2.75, 3.05) is 19.8 Å². The van der Waals surface area contributed by atoms with Crippen LogP contribution in [0.4, 0.5) is 4.79 Å². The molecule has 8 heteroatoms. The first-order valence-electron chi connectivity index (χ1n) is 14.0. The Hall–Kier alpha value is -2.16. The van der Waals surface area contributed by atoms with E-state index in [4.69, 9.17) is 9.47 Å². The van der Waals surface area contributed by atoms with E-state index in [0.29, 0.717) is 25.8 Å². The van der Waals surface area contributed by atoms with Crippen LogP contribution in [0.2, 0.25) is 25.7 Å². The number of benzene rings is 1. The van der Waals surface area contributed by atoms with E-state index in [1.165, 1.54) is 5.56 Å². The molecule has 1 aliphatic carbocycles. The Morgan fingerprint density at radius 3 is 2.51 bits per heavy atom. The molecule has 3 atom stereocenters. The fraction of sp³-hybridized carbons (Fsp3) is 0.655. The summed E-state index contributed by atoms with van der Waals surface area (Å²) in [4.78, 5) is 13.9. The number of carboxylic acid groups (broad SMARTS) is 1. The minimum absolute atomic E-state index is 0.0311. The lowest BCUT2D eigenvalue weighted by molar-refractivity contribution is -0.0296. The molecule has 2 aromatic rings. The molecule has 4 rings (SSSR count). The van der Waals surface area contributed by atoms with Crippen molar-refractivity contribution < 1.29 is 19.4 Å². The summed E-state index contributed by atoms with van der Waals surface area (Å²) in [5.41, 5.74) is 2.46. The Balaban J connectivity index is 1.40. The van der Waals surface area contributed by atoms with Crippen molar-refractivity contribution in [3.63, 3.8) is 0 Å². The molecule has 0 spiro atoms. The second-order valence-electron chi connectivity index (χ2n) is 12.3. The largest absolute Gasteiger partial charge is 0.465 e. The lowest BCUT2D eigenvalue weighted by Gasteiger charge is -2.43. The zero-order chi connectivity index (χ0) is 26.4. The minimum atomic E-state index is -1.16. The van der Waals surface area contributed by atoms with Gasteiger partial charge in [-0.25, -0.2) is 9.48 Å². The predicted octanol–water partition coefficient (Wildman–Crippen LogP) is 6.41. The van der Waals surface area contributed by atoms with E-state index in [1.54, 1.807) is 4.90 Å². The Bertz CT molecular complexity index is 985. The van der Waals surface area contributed by atoms with Crippen molar-refractivity contribution in [1.29, 1.82) is 0 Å². The normalized spacial score (nSPS) is 26.8. The van der Waals surface area contributed by atoms with Crippen LogP contribution in [0.25, 0.3) is 0 Å². The number of carbonyl (C=O) groups is 1. The summed E-state index contributed by atoms with van der Waals surface area (Å²) in [6, 6.07) is 13.7. The number of piperidine rings is 1. The SMILES string of the molecule is C[C@H]1C[C@H](c2ccnn2COCC[Si](C)(C)C)[C@H](CO[C@H]2CC[C@@H](c3ccccc3)CC2)N(C(=O)O)C1. The average molecular weight is 528 g/mol. The van der Waals surface area contributed by atoms with Gasteiger partial charge in [0.2, 0.25) is 0 Å². The van der Waals surface area contributed by atoms with Crippen molar-refractivity contribution in [2.45, 2.75) is 95.4 Å². The molecular weight excluding hydrogens is 482 g/mol. The van der Waals surface area contributed by atoms with Crippen LogP contribution in [0.1, 0.15) is 62.1 Å². The van der Waals surface area contributed by atoms with E-state index in [0.717, 1.165) is 50.4 Å². The second kappa shape index (κ2) is 12.6. The summed E-state index contributed by atoms with van der Waals surface area (Å²) >= 11 is 0. The molecule has 2 heterocycles. The van der Waals surface area contributed by atoms with Crippen LogP contribution in [-0.2, 0) is 16.2 Å². The Morgan fingerprint density at radius 2 is 1.84 bits per heavy atom. The molecule has 1 N–H and O–H groups in total. The highest BCUT2D eigenvalue weighted by Crippen LogP contribution is 2.38. The third-order valence-corrected chi connectivity index (χ3v) is 9.77. The van der Waals surface area contributed by atoms with Crippen molar-refractivity contribution in [3.8, 4) is 0 Å². The molecule has 1 aromatic carbocycles. The summed E-state index contributed by atoms with van der Waals surface area (Å²) in [6.45, 7) is 11.3. The first kappa shape index (κ1) is 27.9. The number of likely N-dealkylation sites (tertiary alicyclic amines) is 1. The number of hydrogen-bond donors (Lipinski definition) is 1. The molecule has 1 amide bonds. The van der Waals surface area contributed by atoms with Gasteiger partial charge in [0.05, 0.1) is 18.8 Å². The van der Waals surface area contributed by atoms with Crippen molar-refractivity contribution in [3.05, 3.63) is 53.9 Å². The molecule has 37 heavy (non-hydrogen) atoms. The molecule has 1 aliphatic heterocycles. The van der Waals surface area contributed by atoms with Gasteiger partial charge in [0, 0.05) is 39.0 Å². The minimum Gasteiger partial charge on any atom is -0.465 e. The van der Waals surface area contributed by atoms with E-state index in [2.05, 4.69) is 62.0 Å². The Kier molecular flexibility index (Phi) is 9.48. The van der Waals surface area contributed by atoms with Gasteiger partial charge >= 0.3 is 6.09 Å². The van der Waals surface area contributed by atoms with Crippen LogP contribution >= 0.6 is 0 Å². The van der Waals surface area contributed by atoms with Gasteiger partial charge in [0.1, 0.15) is 6.73 Å². The number of amides is 1. The van der Waals surface area contributed by atoms with Crippen LogP contribution < -0.4 is 0 Å². The van der Waals surface area contributed by atoms with Gasteiger partial charge in [-0.3, -0.25) is 0 Å². The zero-order valence-electron chi connectivity index (χ0n) is 23.0. The number of aromatic nitrogens is 2. The first-order chi connectivity index (χ1) is 17.7. The van der Waals surface area contributed by atoms with Crippen LogP contribution in [-0.4, -0.2) is 65.9 Å².